The Morgan fingerprint density at radius 1 is 0.565 bits per heavy atom. The molecule has 1 heteroatoms. The second-order valence-corrected chi connectivity index (χ2v) is 9.18. The van der Waals surface area contributed by atoms with Gasteiger partial charge in [-0.05, 0) is 15.6 Å². The molecule has 0 spiro atoms. The van der Waals surface area contributed by atoms with Gasteiger partial charge in [0.2, 0.25) is 0 Å². The van der Waals surface area contributed by atoms with E-state index in [0.717, 1.165) is 0 Å². The first-order valence-corrected chi connectivity index (χ1v) is 9.92. The van der Waals surface area contributed by atoms with Crippen molar-refractivity contribution in [1.29, 1.82) is 0 Å². The summed E-state index contributed by atoms with van der Waals surface area (Å²) in [7, 11) is -2.20. The van der Waals surface area contributed by atoms with Crippen LogP contribution in [-0.4, -0.2) is 8.07 Å². The summed E-state index contributed by atoms with van der Waals surface area (Å²) in [5.74, 6) is 0. The van der Waals surface area contributed by atoms with Crippen molar-refractivity contribution >= 4 is 23.6 Å². The summed E-state index contributed by atoms with van der Waals surface area (Å²) in [6, 6.07) is 32.5. The van der Waals surface area contributed by atoms with Crippen molar-refractivity contribution in [1.82, 2.24) is 0 Å². The van der Waals surface area contributed by atoms with E-state index in [1.54, 1.807) is 0 Å². The van der Waals surface area contributed by atoms with Gasteiger partial charge in [0.15, 0.2) is 8.07 Å². The number of benzene rings is 3. The molecule has 0 saturated carbocycles. The second-order valence-electron chi connectivity index (χ2n) is 5.50. The Kier molecular flexibility index (Phi) is 4.70. The van der Waals surface area contributed by atoms with Crippen molar-refractivity contribution in [3.8, 4) is 0 Å². The third kappa shape index (κ3) is 2.96. The zero-order valence-corrected chi connectivity index (χ0v) is 14.1. The fourth-order valence-corrected chi connectivity index (χ4v) is 7.26. The first kappa shape index (κ1) is 15.3. The van der Waals surface area contributed by atoms with Crippen molar-refractivity contribution in [2.45, 2.75) is 0 Å². The van der Waals surface area contributed by atoms with Gasteiger partial charge in [-0.25, -0.2) is 0 Å². The smallest absolute Gasteiger partial charge is 0.0991 e. The number of hydrogen-bond acceptors (Lipinski definition) is 0. The average molecular weight is 312 g/mol. The van der Waals surface area contributed by atoms with Crippen molar-refractivity contribution in [3.05, 3.63) is 115 Å². The van der Waals surface area contributed by atoms with E-state index in [1.807, 2.05) is 6.08 Å². The summed E-state index contributed by atoms with van der Waals surface area (Å²) >= 11 is 0. The van der Waals surface area contributed by atoms with Gasteiger partial charge in [0.05, 0.1) is 0 Å². The Hall–Kier alpha value is -2.64. The van der Waals surface area contributed by atoms with E-state index < -0.39 is 8.07 Å². The zero-order valence-electron chi connectivity index (χ0n) is 13.1. The summed E-state index contributed by atoms with van der Waals surface area (Å²) < 4.78 is 0. The molecular formula is C22H20Si. The summed E-state index contributed by atoms with van der Waals surface area (Å²) in [5.41, 5.74) is 2.38. The topological polar surface area (TPSA) is 0 Å². The average Bonchev–Trinajstić information content (AvgIpc) is 2.65. The van der Waals surface area contributed by atoms with Crippen molar-refractivity contribution < 1.29 is 0 Å². The molecule has 0 fully saturated rings. The number of rotatable bonds is 5. The summed E-state index contributed by atoms with van der Waals surface area (Å²) in [6.45, 7) is 3.88. The number of hydrogen-bond donors (Lipinski definition) is 0. The van der Waals surface area contributed by atoms with E-state index in [9.17, 15) is 0 Å². The van der Waals surface area contributed by atoms with Crippen LogP contribution < -0.4 is 15.6 Å². The maximum absolute atomic E-state index is 3.88. The summed E-state index contributed by atoms with van der Waals surface area (Å²) in [5, 5.41) is 4.15. The highest BCUT2D eigenvalue weighted by atomic mass is 28.3. The number of allylic oxidation sites excluding steroid dienone is 2. The van der Waals surface area contributed by atoms with E-state index in [2.05, 4.69) is 109 Å². The molecule has 0 saturated heterocycles. The lowest BCUT2D eigenvalue weighted by molar-refractivity contribution is 1.68. The molecule has 0 unspecified atom stereocenters. The van der Waals surface area contributed by atoms with Crippen LogP contribution in [0.2, 0.25) is 0 Å². The molecule has 3 rings (SSSR count). The van der Waals surface area contributed by atoms with Crippen molar-refractivity contribution in [2.24, 2.45) is 0 Å². The van der Waals surface area contributed by atoms with Crippen LogP contribution in [0.1, 0.15) is 0 Å². The molecule has 112 valence electrons. The van der Waals surface area contributed by atoms with Gasteiger partial charge < -0.3 is 0 Å². The molecule has 0 aliphatic carbocycles. The van der Waals surface area contributed by atoms with Crippen LogP contribution in [0.4, 0.5) is 0 Å². The fourth-order valence-electron chi connectivity index (χ4n) is 3.10. The quantitative estimate of drug-likeness (QED) is 0.385. The van der Waals surface area contributed by atoms with Gasteiger partial charge in [0.25, 0.3) is 0 Å². The molecule has 3 aromatic carbocycles. The predicted molar refractivity (Wildman–Crippen MR) is 103 cm³/mol. The zero-order chi connectivity index (χ0) is 16.0. The van der Waals surface area contributed by atoms with Gasteiger partial charge in [-0.1, -0.05) is 115 Å². The van der Waals surface area contributed by atoms with E-state index in [1.165, 1.54) is 15.6 Å². The molecule has 0 nitrogen and oxygen atoms in total. The van der Waals surface area contributed by atoms with Gasteiger partial charge in [0.1, 0.15) is 0 Å². The first-order chi connectivity index (χ1) is 11.4. The molecule has 0 amide bonds. The lowest BCUT2D eigenvalue weighted by Gasteiger charge is -2.30. The van der Waals surface area contributed by atoms with Crippen LogP contribution in [0.3, 0.4) is 0 Å². The van der Waals surface area contributed by atoms with Gasteiger partial charge in [-0.3, -0.25) is 0 Å². The fraction of sp³-hybridized carbons (Fsp3) is 0. The molecule has 23 heavy (non-hydrogen) atoms. The van der Waals surface area contributed by atoms with E-state index >= 15 is 0 Å². The third-order valence-electron chi connectivity index (χ3n) is 4.17. The molecule has 0 heterocycles. The SMILES string of the molecule is C=C/C=C/[Si](c1ccccc1)(c1ccccc1)c1ccccc1. The molecule has 0 aliphatic rings. The van der Waals surface area contributed by atoms with Crippen molar-refractivity contribution in [3.63, 3.8) is 0 Å². The lowest BCUT2D eigenvalue weighted by Crippen LogP contribution is -2.66. The third-order valence-corrected chi connectivity index (χ3v) is 8.59. The van der Waals surface area contributed by atoms with E-state index in [-0.39, 0.29) is 0 Å². The van der Waals surface area contributed by atoms with Crippen molar-refractivity contribution in [2.75, 3.05) is 0 Å². The van der Waals surface area contributed by atoms with E-state index in [0.29, 0.717) is 0 Å². The standard InChI is InChI=1S/C22H20Si/c1-2-3-19-23(20-13-7-4-8-14-20,21-15-9-5-10-16-21)22-17-11-6-12-18-22/h2-19H,1H2/b19-3+. The largest absolute Gasteiger partial charge is 0.172 e. The maximum Gasteiger partial charge on any atom is 0.172 e. The summed E-state index contributed by atoms with van der Waals surface area (Å²) in [6.07, 6.45) is 3.97. The Balaban J connectivity index is 2.35. The van der Waals surface area contributed by atoms with Crippen LogP contribution in [0.15, 0.2) is 115 Å². The summed E-state index contributed by atoms with van der Waals surface area (Å²) in [4.78, 5) is 0. The molecule has 0 aliphatic heterocycles. The highest BCUT2D eigenvalue weighted by molar-refractivity contribution is 7.14. The normalized spacial score (nSPS) is 11.5. The van der Waals surface area contributed by atoms with Crippen LogP contribution in [0, 0.1) is 0 Å². The minimum absolute atomic E-state index is 1.38. The van der Waals surface area contributed by atoms with Gasteiger partial charge in [0, 0.05) is 0 Å². The monoisotopic (exact) mass is 312 g/mol. The lowest BCUT2D eigenvalue weighted by atomic mass is 10.3. The molecule has 0 aromatic heterocycles. The maximum atomic E-state index is 3.88. The predicted octanol–water partition coefficient (Wildman–Crippen LogP) is 3.44. The molecule has 0 atom stereocenters. The molecule has 0 N–H and O–H groups in total. The van der Waals surface area contributed by atoms with Gasteiger partial charge in [-0.2, -0.15) is 0 Å². The van der Waals surface area contributed by atoms with Crippen LogP contribution in [0.5, 0.6) is 0 Å². The molecule has 0 bridgehead atoms. The first-order valence-electron chi connectivity index (χ1n) is 7.85. The highest BCUT2D eigenvalue weighted by Crippen LogP contribution is 2.09. The van der Waals surface area contributed by atoms with Gasteiger partial charge in [-0.15, -0.1) is 0 Å². The van der Waals surface area contributed by atoms with Crippen LogP contribution in [-0.2, 0) is 0 Å². The molecule has 3 aromatic rings. The Labute approximate surface area is 139 Å². The molecular weight excluding hydrogens is 292 g/mol. The Bertz CT molecular complexity index is 677. The van der Waals surface area contributed by atoms with Crippen LogP contribution in [0.25, 0.3) is 0 Å². The van der Waals surface area contributed by atoms with Crippen LogP contribution >= 0.6 is 0 Å². The van der Waals surface area contributed by atoms with E-state index in [4.69, 9.17) is 0 Å². The second kappa shape index (κ2) is 7.08. The molecule has 0 radical (unpaired) electrons. The Morgan fingerprint density at radius 3 is 1.22 bits per heavy atom. The minimum Gasteiger partial charge on any atom is -0.0991 e. The van der Waals surface area contributed by atoms with Gasteiger partial charge >= 0.3 is 0 Å². The Morgan fingerprint density at radius 2 is 0.913 bits per heavy atom. The minimum atomic E-state index is -2.20. The highest BCUT2D eigenvalue weighted by Gasteiger charge is 2.36.